The molecule has 2 aromatic heterocycles. The monoisotopic (exact) mass is 477 g/mol. The van der Waals surface area contributed by atoms with Gasteiger partial charge in [0.2, 0.25) is 5.95 Å². The van der Waals surface area contributed by atoms with Crippen molar-refractivity contribution in [3.63, 3.8) is 0 Å². The molecule has 0 unspecified atom stereocenters. The highest BCUT2D eigenvalue weighted by atomic mass is 16.3. The fourth-order valence-electron chi connectivity index (χ4n) is 5.03. The Morgan fingerprint density at radius 2 is 1.74 bits per heavy atom. The minimum Gasteiger partial charge on any atom is -0.393 e. The van der Waals surface area contributed by atoms with Crippen LogP contribution in [-0.4, -0.2) is 69.0 Å². The van der Waals surface area contributed by atoms with Crippen LogP contribution in [0.4, 0.5) is 17.5 Å². The van der Waals surface area contributed by atoms with Crippen LogP contribution in [0.15, 0.2) is 35.3 Å². The molecule has 0 amide bonds. The normalized spacial score (nSPS) is 18.0. The van der Waals surface area contributed by atoms with Gasteiger partial charge in [0.1, 0.15) is 16.7 Å². The van der Waals surface area contributed by atoms with Gasteiger partial charge in [-0.15, -0.1) is 0 Å². The van der Waals surface area contributed by atoms with E-state index in [0.717, 1.165) is 76.9 Å². The lowest BCUT2D eigenvalue weighted by molar-refractivity contribution is 0.0821. The van der Waals surface area contributed by atoms with Gasteiger partial charge in [-0.3, -0.25) is 4.79 Å². The van der Waals surface area contributed by atoms with E-state index in [1.807, 2.05) is 12.1 Å². The number of H-pyrrole nitrogens is 1. The van der Waals surface area contributed by atoms with Crippen molar-refractivity contribution in [1.82, 2.24) is 25.1 Å². The molecular weight excluding hydrogens is 442 g/mol. The van der Waals surface area contributed by atoms with Crippen molar-refractivity contribution in [3.05, 3.63) is 46.4 Å². The van der Waals surface area contributed by atoms with Crippen LogP contribution in [0.3, 0.4) is 0 Å². The molecule has 2 fully saturated rings. The van der Waals surface area contributed by atoms with Gasteiger partial charge in [0, 0.05) is 31.9 Å². The van der Waals surface area contributed by atoms with Crippen LogP contribution in [0, 0.1) is 0 Å². The van der Waals surface area contributed by atoms with Crippen LogP contribution in [0.5, 0.6) is 0 Å². The van der Waals surface area contributed by atoms with Gasteiger partial charge in [-0.1, -0.05) is 25.0 Å². The summed E-state index contributed by atoms with van der Waals surface area (Å²) in [6, 6.07) is 8.35. The smallest absolute Gasteiger partial charge is 0.277 e. The number of hydrogen-bond donors (Lipinski definition) is 3. The summed E-state index contributed by atoms with van der Waals surface area (Å²) in [6.45, 7) is 4.90. The van der Waals surface area contributed by atoms with E-state index in [1.54, 1.807) is 6.20 Å². The Morgan fingerprint density at radius 3 is 2.49 bits per heavy atom. The molecule has 0 radical (unpaired) electrons. The zero-order valence-corrected chi connectivity index (χ0v) is 20.2. The fraction of sp³-hybridized carbons (Fsp3) is 0.538. The first-order chi connectivity index (χ1) is 17.2. The van der Waals surface area contributed by atoms with Crippen LogP contribution in [0.25, 0.3) is 10.9 Å². The predicted molar refractivity (Wildman–Crippen MR) is 138 cm³/mol. The first kappa shape index (κ1) is 23.7. The maximum Gasteiger partial charge on any atom is 0.277 e. The summed E-state index contributed by atoms with van der Waals surface area (Å²) in [5, 5.41) is 19.9. The van der Waals surface area contributed by atoms with Crippen molar-refractivity contribution in [1.29, 1.82) is 0 Å². The van der Waals surface area contributed by atoms with E-state index < -0.39 is 0 Å². The van der Waals surface area contributed by atoms with Crippen molar-refractivity contribution in [2.75, 3.05) is 42.9 Å². The standard InChI is InChI=1S/C26H35N7O2/c34-21-11-16-32(17-12-21)13-5-6-19-7-9-20(10-8-19)28-24-23-22(18-27-31-25(23)35)29-26(30-24)33-14-3-1-2-4-15-33/h7-10,18,21,34H,1-6,11-17H2,(H,31,35)(H,28,29,30). The summed E-state index contributed by atoms with van der Waals surface area (Å²) >= 11 is 0. The number of fused-ring (bicyclic) bond motifs is 1. The van der Waals surface area contributed by atoms with Crippen molar-refractivity contribution in [2.24, 2.45) is 0 Å². The molecule has 0 saturated carbocycles. The maximum atomic E-state index is 12.6. The van der Waals surface area contributed by atoms with Gasteiger partial charge >= 0.3 is 0 Å². The number of rotatable bonds is 7. The van der Waals surface area contributed by atoms with Crippen LogP contribution in [0.1, 0.15) is 50.5 Å². The Hall–Kier alpha value is -3.04. The topological polar surface area (TPSA) is 110 Å². The maximum absolute atomic E-state index is 12.6. The van der Waals surface area contributed by atoms with Crippen molar-refractivity contribution < 1.29 is 5.11 Å². The molecule has 9 heteroatoms. The second-order valence-electron chi connectivity index (χ2n) is 9.73. The number of hydrogen-bond acceptors (Lipinski definition) is 8. The number of nitrogens with zero attached hydrogens (tertiary/aromatic N) is 5. The van der Waals surface area contributed by atoms with Crippen molar-refractivity contribution in [2.45, 2.75) is 57.5 Å². The molecule has 35 heavy (non-hydrogen) atoms. The van der Waals surface area contributed by atoms with Crippen LogP contribution in [0.2, 0.25) is 0 Å². The second kappa shape index (κ2) is 11.1. The summed E-state index contributed by atoms with van der Waals surface area (Å²) in [4.78, 5) is 26.7. The van der Waals surface area contributed by atoms with E-state index in [-0.39, 0.29) is 11.7 Å². The number of anilines is 3. The van der Waals surface area contributed by atoms with E-state index in [1.165, 1.54) is 18.4 Å². The largest absolute Gasteiger partial charge is 0.393 e. The van der Waals surface area contributed by atoms with Gasteiger partial charge in [-0.2, -0.15) is 10.1 Å². The van der Waals surface area contributed by atoms with E-state index in [9.17, 15) is 9.90 Å². The molecule has 0 spiro atoms. The summed E-state index contributed by atoms with van der Waals surface area (Å²) in [6.07, 6.45) is 10.1. The quantitative estimate of drug-likeness (QED) is 0.476. The molecule has 186 valence electrons. The van der Waals surface area contributed by atoms with Crippen LogP contribution < -0.4 is 15.8 Å². The molecule has 0 aliphatic carbocycles. The Kier molecular flexibility index (Phi) is 7.54. The number of aromatic amines is 1. The molecule has 0 bridgehead atoms. The number of aliphatic hydroxyl groups is 1. The molecule has 1 aromatic carbocycles. The molecule has 0 atom stereocenters. The van der Waals surface area contributed by atoms with Gasteiger partial charge in [-0.25, -0.2) is 10.1 Å². The highest BCUT2D eigenvalue weighted by Crippen LogP contribution is 2.25. The summed E-state index contributed by atoms with van der Waals surface area (Å²) in [7, 11) is 0. The lowest BCUT2D eigenvalue weighted by atomic mass is 10.1. The predicted octanol–water partition coefficient (Wildman–Crippen LogP) is 3.23. The molecule has 3 N–H and O–H groups in total. The molecule has 5 rings (SSSR count). The number of aryl methyl sites for hydroxylation is 1. The van der Waals surface area contributed by atoms with Gasteiger partial charge in [0.25, 0.3) is 5.56 Å². The third-order valence-electron chi connectivity index (χ3n) is 7.11. The molecule has 9 nitrogen and oxygen atoms in total. The second-order valence-corrected chi connectivity index (χ2v) is 9.73. The summed E-state index contributed by atoms with van der Waals surface area (Å²) < 4.78 is 0. The number of piperidine rings is 1. The lowest BCUT2D eigenvalue weighted by Crippen LogP contribution is -2.36. The van der Waals surface area contributed by atoms with Gasteiger partial charge in [0.05, 0.1) is 12.3 Å². The summed E-state index contributed by atoms with van der Waals surface area (Å²) in [5.41, 5.74) is 2.42. The van der Waals surface area contributed by atoms with Crippen molar-refractivity contribution >= 4 is 28.4 Å². The van der Waals surface area contributed by atoms with Crippen molar-refractivity contribution in [3.8, 4) is 0 Å². The lowest BCUT2D eigenvalue weighted by Gasteiger charge is -2.29. The summed E-state index contributed by atoms with van der Waals surface area (Å²) in [5.74, 6) is 1.16. The third-order valence-corrected chi connectivity index (χ3v) is 7.11. The van der Waals surface area contributed by atoms with Gasteiger partial charge < -0.3 is 20.2 Å². The highest BCUT2D eigenvalue weighted by Gasteiger charge is 2.18. The Labute approximate surface area is 205 Å². The number of benzene rings is 1. The number of nitrogens with one attached hydrogen (secondary N) is 2. The van der Waals surface area contributed by atoms with Crippen LogP contribution >= 0.6 is 0 Å². The van der Waals surface area contributed by atoms with E-state index in [0.29, 0.717) is 22.7 Å². The first-order valence-corrected chi connectivity index (χ1v) is 12.9. The minimum atomic E-state index is -0.297. The molecule has 3 aromatic rings. The van der Waals surface area contributed by atoms with E-state index in [4.69, 9.17) is 4.98 Å². The molecular formula is C26H35N7O2. The molecule has 4 heterocycles. The van der Waals surface area contributed by atoms with E-state index >= 15 is 0 Å². The Balaban J connectivity index is 1.29. The average Bonchev–Trinajstić information content (AvgIpc) is 3.16. The molecule has 2 saturated heterocycles. The average molecular weight is 478 g/mol. The first-order valence-electron chi connectivity index (χ1n) is 12.9. The SMILES string of the molecule is O=c1[nH]ncc2nc(N3CCCCCC3)nc(Nc3ccc(CCCN4CCC(O)CC4)cc3)c12. The minimum absolute atomic E-state index is 0.120. The van der Waals surface area contributed by atoms with E-state index in [2.05, 4.69) is 42.4 Å². The zero-order valence-electron chi connectivity index (χ0n) is 20.2. The Bertz CT molecular complexity index is 1160. The fourth-order valence-corrected chi connectivity index (χ4v) is 5.03. The number of likely N-dealkylation sites (tertiary alicyclic amines) is 1. The highest BCUT2D eigenvalue weighted by molar-refractivity contribution is 5.90. The van der Waals surface area contributed by atoms with Gasteiger partial charge in [-0.05, 0) is 62.8 Å². The Morgan fingerprint density at radius 1 is 1.00 bits per heavy atom. The number of aliphatic hydroxyl groups excluding tert-OH is 1. The molecule has 2 aliphatic heterocycles. The zero-order chi connectivity index (χ0) is 24.0. The molecule has 2 aliphatic rings. The van der Waals surface area contributed by atoms with Gasteiger partial charge in [0.15, 0.2) is 0 Å². The third kappa shape index (κ3) is 5.97. The number of aromatic nitrogens is 4. The van der Waals surface area contributed by atoms with Crippen LogP contribution in [-0.2, 0) is 6.42 Å².